The maximum absolute atomic E-state index is 12.7. The molecule has 7 heteroatoms. The lowest BCUT2D eigenvalue weighted by molar-refractivity contribution is -0.137. The van der Waals surface area contributed by atoms with E-state index >= 15 is 0 Å². The van der Waals surface area contributed by atoms with E-state index in [1.165, 1.54) is 17.0 Å². The predicted molar refractivity (Wildman–Crippen MR) is 88.1 cm³/mol. The molecule has 1 heterocycles. The van der Waals surface area contributed by atoms with E-state index in [4.69, 9.17) is 4.74 Å². The van der Waals surface area contributed by atoms with Gasteiger partial charge in [-0.2, -0.15) is 13.2 Å². The summed E-state index contributed by atoms with van der Waals surface area (Å²) in [6, 6.07) is 13.3. The van der Waals surface area contributed by atoms with Crippen LogP contribution in [0.4, 0.5) is 18.0 Å². The number of hydrogen-bond acceptors (Lipinski definition) is 3. The number of ether oxygens (including phenoxy) is 1. The summed E-state index contributed by atoms with van der Waals surface area (Å²) in [5.41, 5.74) is 0.607. The molecule has 0 radical (unpaired) electrons. The number of hydrogen-bond donors (Lipinski definition) is 1. The summed E-state index contributed by atoms with van der Waals surface area (Å²) in [4.78, 5) is 13.7. The number of rotatable bonds is 3. The minimum atomic E-state index is -4.41. The van der Waals surface area contributed by atoms with Crippen LogP contribution in [0, 0.1) is 0 Å². The van der Waals surface area contributed by atoms with Crippen molar-refractivity contribution in [3.05, 3.63) is 71.3 Å². The summed E-state index contributed by atoms with van der Waals surface area (Å²) in [6.07, 6.45) is -5.50. The molecule has 1 amide bonds. The maximum Gasteiger partial charge on any atom is 0.416 e. The molecular weight excluding hydrogens is 347 g/mol. The summed E-state index contributed by atoms with van der Waals surface area (Å²) < 4.78 is 43.4. The second kappa shape index (κ2) is 7.37. The molecule has 1 N–H and O–H groups in total. The Bertz CT molecular complexity index is 747. The van der Waals surface area contributed by atoms with Gasteiger partial charge in [0.1, 0.15) is 6.61 Å². The van der Waals surface area contributed by atoms with Crippen LogP contribution in [0.5, 0.6) is 0 Å². The predicted octanol–water partition coefficient (Wildman–Crippen LogP) is 4.15. The van der Waals surface area contributed by atoms with Gasteiger partial charge in [0, 0.05) is 0 Å². The molecule has 0 saturated carbocycles. The van der Waals surface area contributed by atoms with Gasteiger partial charge in [0.05, 0.1) is 24.3 Å². The van der Waals surface area contributed by atoms with Crippen molar-refractivity contribution in [2.24, 2.45) is 0 Å². The van der Waals surface area contributed by atoms with E-state index < -0.39 is 30.0 Å². The number of carbonyl (C=O) groups is 1. The Balaban J connectivity index is 1.71. The topological polar surface area (TPSA) is 49.8 Å². The second-order valence-electron chi connectivity index (χ2n) is 6.22. The van der Waals surface area contributed by atoms with Crippen molar-refractivity contribution in [1.82, 2.24) is 4.90 Å². The molecule has 1 aliphatic heterocycles. The largest absolute Gasteiger partial charge is 0.445 e. The third-order valence-corrected chi connectivity index (χ3v) is 4.34. The van der Waals surface area contributed by atoms with Crippen molar-refractivity contribution in [2.75, 3.05) is 6.54 Å². The van der Waals surface area contributed by atoms with Crippen molar-refractivity contribution < 1.29 is 27.8 Å². The van der Waals surface area contributed by atoms with Crippen LogP contribution in [0.15, 0.2) is 54.6 Å². The highest BCUT2D eigenvalue weighted by atomic mass is 19.4. The number of alkyl halides is 3. The second-order valence-corrected chi connectivity index (χ2v) is 6.22. The molecule has 0 spiro atoms. The molecule has 3 rings (SSSR count). The van der Waals surface area contributed by atoms with Gasteiger partial charge in [0.25, 0.3) is 0 Å². The molecule has 138 valence electrons. The molecule has 1 aliphatic rings. The summed E-state index contributed by atoms with van der Waals surface area (Å²) >= 11 is 0. The Kier molecular flexibility index (Phi) is 5.18. The van der Waals surface area contributed by atoms with Crippen LogP contribution >= 0.6 is 0 Å². The zero-order valence-electron chi connectivity index (χ0n) is 13.8. The highest BCUT2D eigenvalue weighted by Crippen LogP contribution is 2.35. The number of β-amino-alcohol motifs (C(OH)–C–C–N with tert-alkyl or cyclic N) is 1. The lowest BCUT2D eigenvalue weighted by Crippen LogP contribution is -2.32. The Labute approximate surface area is 148 Å². The first-order chi connectivity index (χ1) is 12.3. The number of nitrogens with zero attached hydrogens (tertiary/aromatic N) is 1. The van der Waals surface area contributed by atoms with Gasteiger partial charge in [-0.25, -0.2) is 4.79 Å². The van der Waals surface area contributed by atoms with Gasteiger partial charge < -0.3 is 9.84 Å². The Morgan fingerprint density at radius 3 is 2.38 bits per heavy atom. The quantitative estimate of drug-likeness (QED) is 0.889. The van der Waals surface area contributed by atoms with Gasteiger partial charge in [-0.15, -0.1) is 0 Å². The molecule has 1 saturated heterocycles. The highest BCUT2D eigenvalue weighted by molar-refractivity contribution is 5.69. The lowest BCUT2D eigenvalue weighted by atomic mass is 10.0. The molecule has 4 nitrogen and oxygen atoms in total. The zero-order valence-corrected chi connectivity index (χ0v) is 13.8. The third-order valence-electron chi connectivity index (χ3n) is 4.34. The summed E-state index contributed by atoms with van der Waals surface area (Å²) in [5, 5.41) is 9.92. The van der Waals surface area contributed by atoms with Gasteiger partial charge in [-0.3, -0.25) is 4.90 Å². The number of carbonyl (C=O) groups excluding carboxylic acids is 1. The number of aliphatic hydroxyl groups is 1. The smallest absolute Gasteiger partial charge is 0.416 e. The van der Waals surface area contributed by atoms with Crippen molar-refractivity contribution in [1.29, 1.82) is 0 Å². The molecule has 26 heavy (non-hydrogen) atoms. The molecule has 2 aromatic rings. The molecule has 2 atom stereocenters. The van der Waals surface area contributed by atoms with E-state index in [1.807, 2.05) is 30.3 Å². The SMILES string of the molecule is O=C(OCc1ccccc1)N1CC(O)CC1c1ccc(C(F)(F)F)cc1. The van der Waals surface area contributed by atoms with Crippen molar-refractivity contribution in [3.63, 3.8) is 0 Å². The Hall–Kier alpha value is -2.54. The van der Waals surface area contributed by atoms with E-state index in [0.29, 0.717) is 5.56 Å². The zero-order chi connectivity index (χ0) is 18.7. The van der Waals surface area contributed by atoms with Crippen LogP contribution in [0.1, 0.15) is 29.2 Å². The van der Waals surface area contributed by atoms with Crippen LogP contribution < -0.4 is 0 Å². The highest BCUT2D eigenvalue weighted by Gasteiger charge is 2.37. The van der Waals surface area contributed by atoms with Crippen LogP contribution in [0.3, 0.4) is 0 Å². The van der Waals surface area contributed by atoms with Gasteiger partial charge in [-0.05, 0) is 29.7 Å². The standard InChI is InChI=1S/C19H18F3NO3/c20-19(21,22)15-8-6-14(7-9-15)17-10-16(24)11-23(17)18(25)26-12-13-4-2-1-3-5-13/h1-9,16-17,24H,10-12H2. The number of benzene rings is 2. The van der Waals surface area contributed by atoms with Gasteiger partial charge >= 0.3 is 12.3 Å². The van der Waals surface area contributed by atoms with E-state index in [0.717, 1.165) is 17.7 Å². The van der Waals surface area contributed by atoms with Crippen LogP contribution in [0.25, 0.3) is 0 Å². The molecule has 2 aromatic carbocycles. The summed E-state index contributed by atoms with van der Waals surface area (Å²) in [5.74, 6) is 0. The summed E-state index contributed by atoms with van der Waals surface area (Å²) in [6.45, 7) is 0.172. The molecule has 2 unspecified atom stereocenters. The number of amides is 1. The van der Waals surface area contributed by atoms with Crippen molar-refractivity contribution in [3.8, 4) is 0 Å². The number of halogens is 3. The fourth-order valence-corrected chi connectivity index (χ4v) is 3.03. The number of likely N-dealkylation sites (tertiary alicyclic amines) is 1. The fraction of sp³-hybridized carbons (Fsp3) is 0.316. The lowest BCUT2D eigenvalue weighted by Gasteiger charge is -2.24. The van der Waals surface area contributed by atoms with E-state index in [-0.39, 0.29) is 19.6 Å². The minimum Gasteiger partial charge on any atom is -0.445 e. The third kappa shape index (κ3) is 4.16. The first kappa shape index (κ1) is 18.3. The molecule has 1 fully saturated rings. The number of aliphatic hydroxyl groups excluding tert-OH is 1. The first-order valence-corrected chi connectivity index (χ1v) is 8.17. The van der Waals surface area contributed by atoms with Crippen LogP contribution in [-0.4, -0.2) is 28.7 Å². The van der Waals surface area contributed by atoms with Crippen LogP contribution in [-0.2, 0) is 17.5 Å². The fourth-order valence-electron chi connectivity index (χ4n) is 3.03. The van der Waals surface area contributed by atoms with E-state index in [9.17, 15) is 23.1 Å². The van der Waals surface area contributed by atoms with Crippen molar-refractivity contribution in [2.45, 2.75) is 31.3 Å². The normalized spacial score (nSPS) is 20.2. The van der Waals surface area contributed by atoms with Gasteiger partial charge in [0.2, 0.25) is 0 Å². The van der Waals surface area contributed by atoms with E-state index in [2.05, 4.69) is 0 Å². The average Bonchev–Trinajstić information content (AvgIpc) is 3.02. The van der Waals surface area contributed by atoms with Gasteiger partial charge in [0.15, 0.2) is 0 Å². The average molecular weight is 365 g/mol. The first-order valence-electron chi connectivity index (χ1n) is 8.17. The molecular formula is C19H18F3NO3. The van der Waals surface area contributed by atoms with E-state index in [1.54, 1.807) is 0 Å². The summed E-state index contributed by atoms with van der Waals surface area (Å²) in [7, 11) is 0. The molecule has 0 aromatic heterocycles. The molecule has 0 aliphatic carbocycles. The Morgan fingerprint density at radius 2 is 1.77 bits per heavy atom. The molecule has 0 bridgehead atoms. The van der Waals surface area contributed by atoms with Gasteiger partial charge in [-0.1, -0.05) is 42.5 Å². The van der Waals surface area contributed by atoms with Crippen LogP contribution in [0.2, 0.25) is 0 Å². The minimum absolute atomic E-state index is 0.0827. The Morgan fingerprint density at radius 1 is 1.12 bits per heavy atom. The van der Waals surface area contributed by atoms with Crippen molar-refractivity contribution >= 4 is 6.09 Å². The maximum atomic E-state index is 12.7. The monoisotopic (exact) mass is 365 g/mol.